The molecule has 110 valence electrons. The zero-order chi connectivity index (χ0) is 14.6. The third-order valence-corrected chi connectivity index (χ3v) is 3.15. The Morgan fingerprint density at radius 3 is 2.47 bits per heavy atom. The highest BCUT2D eigenvalue weighted by atomic mass is 16.6. The van der Waals surface area contributed by atoms with Crippen molar-refractivity contribution in [1.29, 1.82) is 0 Å². The van der Waals surface area contributed by atoms with Crippen molar-refractivity contribution in [2.45, 2.75) is 45.3 Å². The molecule has 2 atom stereocenters. The van der Waals surface area contributed by atoms with E-state index in [0.717, 1.165) is 6.42 Å². The largest absolute Gasteiger partial charge is 0.467 e. The Kier molecular flexibility index (Phi) is 5.17. The second-order valence-corrected chi connectivity index (χ2v) is 5.84. The number of carbonyl (C=O) groups is 2. The quantitative estimate of drug-likeness (QED) is 0.762. The Morgan fingerprint density at radius 1 is 1.37 bits per heavy atom. The average Bonchev–Trinajstić information content (AvgIpc) is 2.35. The monoisotopic (exact) mass is 272 g/mol. The van der Waals surface area contributed by atoms with Crippen LogP contribution in [0, 0.1) is 5.92 Å². The van der Waals surface area contributed by atoms with Gasteiger partial charge in [0, 0.05) is 6.54 Å². The number of ether oxygens (including phenoxy) is 2. The summed E-state index contributed by atoms with van der Waals surface area (Å²) in [4.78, 5) is 25.3. The van der Waals surface area contributed by atoms with Crippen LogP contribution in [-0.4, -0.2) is 48.8 Å². The summed E-state index contributed by atoms with van der Waals surface area (Å²) < 4.78 is 10.1. The first-order chi connectivity index (χ1) is 8.78. The third kappa shape index (κ3) is 4.38. The molecule has 0 aromatic carbocycles. The molecule has 0 radical (unpaired) electrons. The van der Waals surface area contributed by atoms with Crippen LogP contribution in [0.1, 0.15) is 33.6 Å². The van der Waals surface area contributed by atoms with Crippen LogP contribution in [0.4, 0.5) is 4.79 Å². The topological polar surface area (TPSA) is 81.9 Å². The highest BCUT2D eigenvalue weighted by Gasteiger charge is 2.38. The SMILES string of the molecule is COC(=O)[C@H]1C[C@@H](CN)CCN1C(=O)OC(C)(C)C. The minimum absolute atomic E-state index is 0.239. The van der Waals surface area contributed by atoms with Gasteiger partial charge in [-0.05, 0) is 46.1 Å². The summed E-state index contributed by atoms with van der Waals surface area (Å²) in [5.41, 5.74) is 5.06. The van der Waals surface area contributed by atoms with Crippen LogP contribution in [0.25, 0.3) is 0 Å². The second kappa shape index (κ2) is 6.23. The van der Waals surface area contributed by atoms with Gasteiger partial charge in [0.2, 0.25) is 0 Å². The van der Waals surface area contributed by atoms with E-state index >= 15 is 0 Å². The third-order valence-electron chi connectivity index (χ3n) is 3.15. The molecule has 1 amide bonds. The van der Waals surface area contributed by atoms with Crippen LogP contribution in [0.15, 0.2) is 0 Å². The molecule has 0 spiro atoms. The molecular weight excluding hydrogens is 248 g/mol. The molecule has 6 heteroatoms. The molecule has 0 unspecified atom stereocenters. The van der Waals surface area contributed by atoms with Crippen molar-refractivity contribution in [3.8, 4) is 0 Å². The van der Waals surface area contributed by atoms with Gasteiger partial charge in [-0.3, -0.25) is 4.90 Å². The number of esters is 1. The number of methoxy groups -OCH3 is 1. The van der Waals surface area contributed by atoms with Gasteiger partial charge < -0.3 is 15.2 Å². The average molecular weight is 272 g/mol. The lowest BCUT2D eigenvalue weighted by Gasteiger charge is -2.38. The van der Waals surface area contributed by atoms with E-state index in [1.807, 2.05) is 0 Å². The molecule has 1 aliphatic heterocycles. The van der Waals surface area contributed by atoms with E-state index < -0.39 is 23.7 Å². The summed E-state index contributed by atoms with van der Waals surface area (Å²) in [5.74, 6) is -0.174. The van der Waals surface area contributed by atoms with Crippen molar-refractivity contribution < 1.29 is 19.1 Å². The normalized spacial score (nSPS) is 23.9. The Morgan fingerprint density at radius 2 is 2.00 bits per heavy atom. The van der Waals surface area contributed by atoms with Crippen LogP contribution in [0.2, 0.25) is 0 Å². The molecule has 2 N–H and O–H groups in total. The molecule has 0 saturated carbocycles. The Labute approximate surface area is 114 Å². The molecule has 6 nitrogen and oxygen atoms in total. The van der Waals surface area contributed by atoms with Gasteiger partial charge >= 0.3 is 12.1 Å². The zero-order valence-corrected chi connectivity index (χ0v) is 12.1. The molecule has 1 heterocycles. The summed E-state index contributed by atoms with van der Waals surface area (Å²) in [6.07, 6.45) is 0.837. The molecule has 0 bridgehead atoms. The smallest absolute Gasteiger partial charge is 0.411 e. The van der Waals surface area contributed by atoms with Gasteiger partial charge in [0.1, 0.15) is 11.6 Å². The Balaban J connectivity index is 2.79. The fraction of sp³-hybridized carbons (Fsp3) is 0.846. The van der Waals surface area contributed by atoms with Gasteiger partial charge in [-0.1, -0.05) is 0 Å². The fourth-order valence-electron chi connectivity index (χ4n) is 2.15. The predicted molar refractivity (Wildman–Crippen MR) is 70.5 cm³/mol. The Hall–Kier alpha value is -1.30. The number of likely N-dealkylation sites (tertiary alicyclic amines) is 1. The minimum Gasteiger partial charge on any atom is -0.467 e. The first-order valence-corrected chi connectivity index (χ1v) is 6.56. The number of nitrogens with zero attached hydrogens (tertiary/aromatic N) is 1. The lowest BCUT2D eigenvalue weighted by Crippen LogP contribution is -2.52. The van der Waals surface area contributed by atoms with Crippen molar-refractivity contribution in [3.05, 3.63) is 0 Å². The first kappa shape index (κ1) is 15.8. The van der Waals surface area contributed by atoms with E-state index in [9.17, 15) is 9.59 Å². The van der Waals surface area contributed by atoms with Gasteiger partial charge in [-0.15, -0.1) is 0 Å². The van der Waals surface area contributed by atoms with E-state index in [0.29, 0.717) is 19.5 Å². The zero-order valence-electron chi connectivity index (χ0n) is 12.1. The number of piperidine rings is 1. The predicted octanol–water partition coefficient (Wildman–Crippen LogP) is 1.13. The molecule has 1 aliphatic rings. The molecule has 19 heavy (non-hydrogen) atoms. The lowest BCUT2D eigenvalue weighted by molar-refractivity contribution is -0.148. The van der Waals surface area contributed by atoms with Crippen molar-refractivity contribution in [2.24, 2.45) is 11.7 Å². The van der Waals surface area contributed by atoms with Gasteiger partial charge in [-0.25, -0.2) is 9.59 Å². The van der Waals surface area contributed by atoms with Crippen LogP contribution in [0.5, 0.6) is 0 Å². The standard InChI is InChI=1S/C13H24N2O4/c1-13(2,3)19-12(17)15-6-5-9(8-14)7-10(15)11(16)18-4/h9-10H,5-8,14H2,1-4H3/t9-,10+/m0/s1. The van der Waals surface area contributed by atoms with Gasteiger partial charge in [0.25, 0.3) is 0 Å². The summed E-state index contributed by atoms with van der Waals surface area (Å²) in [6, 6.07) is -0.595. The van der Waals surface area contributed by atoms with Crippen molar-refractivity contribution in [2.75, 3.05) is 20.2 Å². The van der Waals surface area contributed by atoms with Gasteiger partial charge in [-0.2, -0.15) is 0 Å². The first-order valence-electron chi connectivity index (χ1n) is 6.56. The maximum Gasteiger partial charge on any atom is 0.411 e. The van der Waals surface area contributed by atoms with Crippen molar-refractivity contribution in [3.63, 3.8) is 0 Å². The van der Waals surface area contributed by atoms with Gasteiger partial charge in [0.15, 0.2) is 0 Å². The minimum atomic E-state index is -0.595. The number of carbonyl (C=O) groups excluding carboxylic acids is 2. The van der Waals surface area contributed by atoms with Crippen LogP contribution >= 0.6 is 0 Å². The van der Waals surface area contributed by atoms with Gasteiger partial charge in [0.05, 0.1) is 7.11 Å². The molecule has 0 aromatic heterocycles. The van der Waals surface area contributed by atoms with Crippen molar-refractivity contribution in [1.82, 2.24) is 4.90 Å². The van der Waals surface area contributed by atoms with Crippen LogP contribution < -0.4 is 5.73 Å². The number of hydrogen-bond acceptors (Lipinski definition) is 5. The molecule has 1 fully saturated rings. The highest BCUT2D eigenvalue weighted by Crippen LogP contribution is 2.25. The molecule has 1 saturated heterocycles. The molecule has 0 aliphatic carbocycles. The van der Waals surface area contributed by atoms with Crippen LogP contribution in [-0.2, 0) is 14.3 Å². The maximum atomic E-state index is 12.1. The maximum absolute atomic E-state index is 12.1. The molecule has 0 aromatic rings. The number of amides is 1. The van der Waals surface area contributed by atoms with Crippen molar-refractivity contribution >= 4 is 12.1 Å². The number of rotatable bonds is 2. The highest BCUT2D eigenvalue weighted by molar-refractivity contribution is 5.81. The fourth-order valence-corrected chi connectivity index (χ4v) is 2.15. The molecule has 1 rings (SSSR count). The van der Waals surface area contributed by atoms with E-state index in [-0.39, 0.29) is 5.92 Å². The van der Waals surface area contributed by atoms with E-state index in [1.165, 1.54) is 12.0 Å². The van der Waals surface area contributed by atoms with E-state index in [1.54, 1.807) is 20.8 Å². The molecular formula is C13H24N2O4. The summed E-state index contributed by atoms with van der Waals surface area (Å²) >= 11 is 0. The Bertz CT molecular complexity index is 338. The summed E-state index contributed by atoms with van der Waals surface area (Å²) in [6.45, 7) is 6.37. The second-order valence-electron chi connectivity index (χ2n) is 5.84. The number of nitrogens with two attached hydrogens (primary N) is 1. The van der Waals surface area contributed by atoms with E-state index in [2.05, 4.69) is 0 Å². The van der Waals surface area contributed by atoms with Crippen LogP contribution in [0.3, 0.4) is 0 Å². The lowest BCUT2D eigenvalue weighted by atomic mass is 9.91. The van der Waals surface area contributed by atoms with E-state index in [4.69, 9.17) is 15.2 Å². The summed E-state index contributed by atoms with van der Waals surface area (Å²) in [7, 11) is 1.32. The summed E-state index contributed by atoms with van der Waals surface area (Å²) in [5, 5.41) is 0. The number of hydrogen-bond donors (Lipinski definition) is 1.